The number of amides is 2. The minimum absolute atomic E-state index is 0.249. The van der Waals surface area contributed by atoms with E-state index in [1.165, 1.54) is 0 Å². The lowest BCUT2D eigenvalue weighted by atomic mass is 9.91. The highest BCUT2D eigenvalue weighted by Gasteiger charge is 2.28. The van der Waals surface area contributed by atoms with Crippen molar-refractivity contribution in [2.45, 2.75) is 37.8 Å². The van der Waals surface area contributed by atoms with Crippen LogP contribution in [0, 0.1) is 0 Å². The molecule has 0 unspecified atom stereocenters. The number of hydrogen-bond donors (Lipinski definition) is 3. The maximum atomic E-state index is 12.1. The minimum atomic E-state index is -3.32. The molecule has 0 radical (unpaired) electrons. The second-order valence-corrected chi connectivity index (χ2v) is 8.21. The largest absolute Gasteiger partial charge is 0.334 e. The number of carbonyl (C=O) groups is 1. The number of carbonyl (C=O) groups excluding carboxylic acids is 1. The number of benzene rings is 1. The lowest BCUT2D eigenvalue weighted by Crippen LogP contribution is -2.53. The molecule has 1 aliphatic carbocycles. The van der Waals surface area contributed by atoms with Crippen molar-refractivity contribution in [2.24, 2.45) is 0 Å². The van der Waals surface area contributed by atoms with E-state index in [9.17, 15) is 13.2 Å². The van der Waals surface area contributed by atoms with Gasteiger partial charge in [-0.2, -0.15) is 0 Å². The van der Waals surface area contributed by atoms with E-state index in [1.807, 2.05) is 0 Å². The number of urea groups is 1. The third kappa shape index (κ3) is 5.84. The lowest BCUT2D eigenvalue weighted by Gasteiger charge is -2.32. The number of nitrogens with one attached hydrogen (secondary N) is 3. The molecule has 0 bridgehead atoms. The van der Waals surface area contributed by atoms with Gasteiger partial charge in [0.1, 0.15) is 0 Å². The Balaban J connectivity index is 1.98. The van der Waals surface area contributed by atoms with Gasteiger partial charge in [0.05, 0.1) is 16.3 Å². The predicted molar refractivity (Wildman–Crippen MR) is 92.6 cm³/mol. The van der Waals surface area contributed by atoms with E-state index >= 15 is 0 Å². The highest BCUT2D eigenvalue weighted by Crippen LogP contribution is 2.25. The summed E-state index contributed by atoms with van der Waals surface area (Å²) in [6, 6.07) is 3.83. The van der Waals surface area contributed by atoms with Gasteiger partial charge < -0.3 is 10.6 Å². The molecule has 2 rings (SSSR count). The highest BCUT2D eigenvalue weighted by molar-refractivity contribution is 7.88. The predicted octanol–water partition coefficient (Wildman–Crippen LogP) is 2.98. The fourth-order valence-electron chi connectivity index (χ4n) is 2.63. The van der Waals surface area contributed by atoms with E-state index < -0.39 is 16.1 Å². The normalized spacial score (nSPS) is 21.7. The second-order valence-electron chi connectivity index (χ2n) is 5.61. The molecule has 1 aromatic carbocycles. The van der Waals surface area contributed by atoms with Crippen molar-refractivity contribution in [1.82, 2.24) is 10.0 Å². The van der Waals surface area contributed by atoms with Crippen LogP contribution < -0.4 is 15.4 Å². The molecular formula is C14H19Cl2N3O3S. The first-order chi connectivity index (χ1) is 10.7. The zero-order chi connectivity index (χ0) is 17.0. The average Bonchev–Trinajstić information content (AvgIpc) is 2.43. The van der Waals surface area contributed by atoms with E-state index in [0.717, 1.165) is 25.5 Å². The number of hydrogen-bond acceptors (Lipinski definition) is 3. The Hall–Kier alpha value is -1.02. The molecule has 6 nitrogen and oxygen atoms in total. The second kappa shape index (κ2) is 7.70. The van der Waals surface area contributed by atoms with Crippen LogP contribution in [0.15, 0.2) is 18.2 Å². The van der Waals surface area contributed by atoms with Crippen LogP contribution in [0.2, 0.25) is 10.0 Å². The summed E-state index contributed by atoms with van der Waals surface area (Å²) in [5.74, 6) is 0. The summed E-state index contributed by atoms with van der Waals surface area (Å²) in [5, 5.41) is 6.24. The monoisotopic (exact) mass is 379 g/mol. The Bertz CT molecular complexity index is 682. The van der Waals surface area contributed by atoms with Gasteiger partial charge in [0, 0.05) is 17.8 Å². The van der Waals surface area contributed by atoms with E-state index in [0.29, 0.717) is 22.2 Å². The molecule has 3 N–H and O–H groups in total. The molecule has 9 heteroatoms. The number of sulfonamides is 1. The summed E-state index contributed by atoms with van der Waals surface area (Å²) in [5.41, 5.74) is 0.514. The Morgan fingerprint density at radius 3 is 2.39 bits per heavy atom. The number of rotatable bonds is 4. The Kier molecular flexibility index (Phi) is 6.13. The quantitative estimate of drug-likeness (QED) is 0.751. The van der Waals surface area contributed by atoms with Crippen molar-refractivity contribution in [3.05, 3.63) is 28.2 Å². The first-order valence-electron chi connectivity index (χ1n) is 7.24. The summed E-state index contributed by atoms with van der Waals surface area (Å²) in [4.78, 5) is 12.1. The fraction of sp³-hybridized carbons (Fsp3) is 0.500. The van der Waals surface area contributed by atoms with Crippen molar-refractivity contribution >= 4 is 44.9 Å². The molecule has 2 amide bonds. The molecule has 0 saturated heterocycles. The first-order valence-corrected chi connectivity index (χ1v) is 9.89. The van der Waals surface area contributed by atoms with Crippen LogP contribution in [-0.2, 0) is 10.0 Å². The van der Waals surface area contributed by atoms with Gasteiger partial charge in [-0.25, -0.2) is 17.9 Å². The summed E-state index contributed by atoms with van der Waals surface area (Å²) in [6.07, 6.45) is 4.42. The summed E-state index contributed by atoms with van der Waals surface area (Å²) >= 11 is 11.7. The molecular weight excluding hydrogens is 361 g/mol. The van der Waals surface area contributed by atoms with Gasteiger partial charge in [-0.3, -0.25) is 0 Å². The molecule has 1 fully saturated rings. The van der Waals surface area contributed by atoms with Crippen LogP contribution in [0.4, 0.5) is 10.5 Å². The average molecular weight is 380 g/mol. The van der Waals surface area contributed by atoms with Crippen LogP contribution in [0.1, 0.15) is 25.7 Å². The van der Waals surface area contributed by atoms with Gasteiger partial charge in [-0.15, -0.1) is 0 Å². The molecule has 2 atom stereocenters. The van der Waals surface area contributed by atoms with Gasteiger partial charge >= 0.3 is 6.03 Å². The third-order valence-electron chi connectivity index (χ3n) is 3.63. The summed E-state index contributed by atoms with van der Waals surface area (Å²) in [6.45, 7) is 0. The van der Waals surface area contributed by atoms with Crippen molar-refractivity contribution < 1.29 is 13.2 Å². The molecule has 23 heavy (non-hydrogen) atoms. The van der Waals surface area contributed by atoms with Crippen LogP contribution >= 0.6 is 23.2 Å². The topological polar surface area (TPSA) is 87.3 Å². The molecule has 0 heterocycles. The minimum Gasteiger partial charge on any atom is -0.334 e. The van der Waals surface area contributed by atoms with E-state index in [2.05, 4.69) is 15.4 Å². The summed E-state index contributed by atoms with van der Waals surface area (Å²) in [7, 11) is -3.32. The Morgan fingerprint density at radius 2 is 1.78 bits per heavy atom. The van der Waals surface area contributed by atoms with Crippen LogP contribution in [0.3, 0.4) is 0 Å². The molecule has 1 saturated carbocycles. The van der Waals surface area contributed by atoms with Crippen molar-refractivity contribution in [1.29, 1.82) is 0 Å². The first kappa shape index (κ1) is 18.3. The van der Waals surface area contributed by atoms with Crippen LogP contribution in [0.25, 0.3) is 0 Å². The molecule has 1 aliphatic rings. The zero-order valence-corrected chi connectivity index (χ0v) is 14.9. The molecule has 0 spiro atoms. The summed E-state index contributed by atoms with van der Waals surface area (Å²) < 4.78 is 25.4. The van der Waals surface area contributed by atoms with E-state index in [1.54, 1.807) is 18.2 Å². The van der Waals surface area contributed by atoms with E-state index in [4.69, 9.17) is 23.2 Å². The lowest BCUT2D eigenvalue weighted by molar-refractivity contribution is 0.238. The Labute approximate surface area is 146 Å². The molecule has 128 valence electrons. The van der Waals surface area contributed by atoms with Gasteiger partial charge in [0.15, 0.2) is 0 Å². The standard InChI is InChI=1S/C14H19Cl2N3O3S/c1-23(21,22)19-13-5-3-2-4-12(13)18-14(20)17-9-6-7-10(15)11(16)8-9/h6-8,12-13,19H,2-5H2,1H3,(H2,17,18,20)/t12-,13+/m1/s1. The van der Waals surface area contributed by atoms with E-state index in [-0.39, 0.29) is 12.1 Å². The zero-order valence-electron chi connectivity index (χ0n) is 12.6. The van der Waals surface area contributed by atoms with Crippen molar-refractivity contribution in [3.8, 4) is 0 Å². The third-order valence-corrected chi connectivity index (χ3v) is 5.10. The van der Waals surface area contributed by atoms with Crippen LogP contribution in [-0.4, -0.2) is 32.8 Å². The highest BCUT2D eigenvalue weighted by atomic mass is 35.5. The Morgan fingerprint density at radius 1 is 1.13 bits per heavy atom. The number of halogens is 2. The SMILES string of the molecule is CS(=O)(=O)N[C@H]1CCCC[C@H]1NC(=O)Nc1ccc(Cl)c(Cl)c1. The van der Waals surface area contributed by atoms with Crippen molar-refractivity contribution in [2.75, 3.05) is 11.6 Å². The fourth-order valence-corrected chi connectivity index (χ4v) is 3.76. The molecule has 1 aromatic rings. The van der Waals surface area contributed by atoms with Crippen LogP contribution in [0.5, 0.6) is 0 Å². The van der Waals surface area contributed by atoms with Gasteiger partial charge in [0.25, 0.3) is 0 Å². The molecule has 0 aliphatic heterocycles. The van der Waals surface area contributed by atoms with Gasteiger partial charge in [-0.1, -0.05) is 36.0 Å². The molecule has 0 aromatic heterocycles. The smallest absolute Gasteiger partial charge is 0.319 e. The maximum absolute atomic E-state index is 12.1. The van der Waals surface area contributed by atoms with Crippen molar-refractivity contribution in [3.63, 3.8) is 0 Å². The maximum Gasteiger partial charge on any atom is 0.319 e. The van der Waals surface area contributed by atoms with Gasteiger partial charge in [0.2, 0.25) is 10.0 Å². The van der Waals surface area contributed by atoms with Gasteiger partial charge in [-0.05, 0) is 31.0 Å². The number of anilines is 1.